The molecule has 3 rings (SSSR count). The lowest BCUT2D eigenvalue weighted by Gasteiger charge is -1.97. The van der Waals surface area contributed by atoms with Gasteiger partial charge < -0.3 is 0 Å². The molecule has 0 saturated heterocycles. The van der Waals surface area contributed by atoms with E-state index in [2.05, 4.69) is 14.7 Å². The third-order valence-electron chi connectivity index (χ3n) is 2.73. The number of rotatable bonds is 2. The van der Waals surface area contributed by atoms with Crippen LogP contribution in [0.3, 0.4) is 0 Å². The first kappa shape index (κ1) is 12.3. The summed E-state index contributed by atoms with van der Waals surface area (Å²) in [5, 5.41) is 2.90. The number of hydrogen-bond donors (Lipinski definition) is 1. The highest BCUT2D eigenvalue weighted by molar-refractivity contribution is 7.90. The molecule has 0 radical (unpaired) electrons. The lowest BCUT2D eigenvalue weighted by molar-refractivity contribution is 0.595. The van der Waals surface area contributed by atoms with Crippen LogP contribution in [0.1, 0.15) is 16.3 Å². The standard InChI is InChI=1S/C12H11N3O2S2/c1-8-14-9(7-18-8)6-13-12-10-4-2-3-5-11(10)19(16,17)15-12/h2-5,7H,6H2,1H3,(H,13,15). The molecule has 5 nitrogen and oxygen atoms in total. The fraction of sp³-hybridized carbons (Fsp3) is 0.167. The van der Waals surface area contributed by atoms with Crippen molar-refractivity contribution in [1.82, 2.24) is 9.71 Å². The molecule has 0 fully saturated rings. The number of amidine groups is 1. The highest BCUT2D eigenvalue weighted by atomic mass is 32.2. The van der Waals surface area contributed by atoms with Crippen molar-refractivity contribution >= 4 is 27.2 Å². The molecule has 1 aromatic heterocycles. The summed E-state index contributed by atoms with van der Waals surface area (Å²) < 4.78 is 26.2. The molecule has 0 amide bonds. The summed E-state index contributed by atoms with van der Waals surface area (Å²) in [6, 6.07) is 6.82. The Kier molecular flexibility index (Phi) is 2.87. The van der Waals surface area contributed by atoms with E-state index >= 15 is 0 Å². The van der Waals surface area contributed by atoms with E-state index in [0.29, 0.717) is 17.9 Å². The second kappa shape index (κ2) is 4.43. The molecule has 1 aliphatic rings. The number of thiazole rings is 1. The number of nitrogens with zero attached hydrogens (tertiary/aromatic N) is 2. The number of aromatic nitrogens is 1. The van der Waals surface area contributed by atoms with Gasteiger partial charge in [-0.25, -0.2) is 13.4 Å². The molecule has 0 spiro atoms. The number of aliphatic imine (C=N–C) groups is 1. The molecule has 1 aliphatic heterocycles. The van der Waals surface area contributed by atoms with E-state index < -0.39 is 10.0 Å². The van der Waals surface area contributed by atoms with Crippen LogP contribution in [0.2, 0.25) is 0 Å². The average Bonchev–Trinajstić information content (AvgIpc) is 2.90. The number of hydrogen-bond acceptors (Lipinski definition) is 5. The minimum atomic E-state index is -3.45. The van der Waals surface area contributed by atoms with Gasteiger partial charge in [0.2, 0.25) is 0 Å². The van der Waals surface area contributed by atoms with Crippen LogP contribution < -0.4 is 4.72 Å². The molecule has 0 atom stereocenters. The highest BCUT2D eigenvalue weighted by Crippen LogP contribution is 2.22. The zero-order valence-electron chi connectivity index (χ0n) is 10.1. The highest BCUT2D eigenvalue weighted by Gasteiger charge is 2.29. The molecular weight excluding hydrogens is 282 g/mol. The number of nitrogens with one attached hydrogen (secondary N) is 1. The quantitative estimate of drug-likeness (QED) is 0.916. The minimum Gasteiger partial charge on any atom is -0.263 e. The summed E-state index contributed by atoms with van der Waals surface area (Å²) in [4.78, 5) is 8.89. The molecule has 98 valence electrons. The number of benzene rings is 1. The van der Waals surface area contributed by atoms with Crippen molar-refractivity contribution in [3.8, 4) is 0 Å². The average molecular weight is 293 g/mol. The van der Waals surface area contributed by atoms with Crippen molar-refractivity contribution in [2.75, 3.05) is 0 Å². The molecule has 1 N–H and O–H groups in total. The van der Waals surface area contributed by atoms with Gasteiger partial charge in [0.05, 0.1) is 22.1 Å². The third-order valence-corrected chi connectivity index (χ3v) is 4.95. The molecule has 0 unspecified atom stereocenters. The van der Waals surface area contributed by atoms with E-state index in [0.717, 1.165) is 10.7 Å². The SMILES string of the molecule is Cc1nc(CN=C2NS(=O)(=O)c3ccccc32)cs1. The molecule has 2 heterocycles. The fourth-order valence-corrected chi connectivity index (χ4v) is 3.75. The van der Waals surface area contributed by atoms with Gasteiger partial charge in [0, 0.05) is 10.9 Å². The fourth-order valence-electron chi connectivity index (χ4n) is 1.89. The van der Waals surface area contributed by atoms with Crippen molar-refractivity contribution in [2.24, 2.45) is 4.99 Å². The van der Waals surface area contributed by atoms with Gasteiger partial charge >= 0.3 is 0 Å². The summed E-state index contributed by atoms with van der Waals surface area (Å²) in [6.07, 6.45) is 0. The van der Waals surface area contributed by atoms with E-state index in [1.807, 2.05) is 12.3 Å². The maximum absolute atomic E-state index is 11.9. The van der Waals surface area contributed by atoms with Gasteiger partial charge in [-0.15, -0.1) is 11.3 Å². The van der Waals surface area contributed by atoms with Gasteiger partial charge in [-0.1, -0.05) is 12.1 Å². The predicted molar refractivity (Wildman–Crippen MR) is 73.9 cm³/mol. The molecule has 7 heteroatoms. The largest absolute Gasteiger partial charge is 0.263 e. The Morgan fingerprint density at radius 2 is 2.16 bits per heavy atom. The second-order valence-electron chi connectivity index (χ2n) is 4.12. The maximum Gasteiger partial charge on any atom is 0.263 e. The summed E-state index contributed by atoms with van der Waals surface area (Å²) in [6.45, 7) is 2.30. The molecule has 0 bridgehead atoms. The van der Waals surface area contributed by atoms with Crippen LogP contribution in [0.25, 0.3) is 0 Å². The summed E-state index contributed by atoms with van der Waals surface area (Å²) in [5.74, 6) is 0.390. The van der Waals surface area contributed by atoms with Crippen LogP contribution >= 0.6 is 11.3 Å². The van der Waals surface area contributed by atoms with Crippen LogP contribution in [0.4, 0.5) is 0 Å². The normalized spacial score (nSPS) is 18.3. The smallest absolute Gasteiger partial charge is 0.263 e. The van der Waals surface area contributed by atoms with Crippen molar-refractivity contribution in [1.29, 1.82) is 0 Å². The number of sulfonamides is 1. The maximum atomic E-state index is 11.9. The Morgan fingerprint density at radius 3 is 2.89 bits per heavy atom. The minimum absolute atomic E-state index is 0.281. The van der Waals surface area contributed by atoms with E-state index in [-0.39, 0.29) is 4.90 Å². The zero-order valence-corrected chi connectivity index (χ0v) is 11.8. The van der Waals surface area contributed by atoms with Gasteiger partial charge in [-0.3, -0.25) is 9.71 Å². The first-order valence-corrected chi connectivity index (χ1v) is 8.00. The van der Waals surface area contributed by atoms with Crippen LogP contribution in [0, 0.1) is 6.92 Å². The monoisotopic (exact) mass is 293 g/mol. The topological polar surface area (TPSA) is 71.4 Å². The van der Waals surface area contributed by atoms with Gasteiger partial charge in [-0.05, 0) is 19.1 Å². The Hall–Kier alpha value is -1.73. The van der Waals surface area contributed by atoms with E-state index in [4.69, 9.17) is 0 Å². The molecule has 19 heavy (non-hydrogen) atoms. The lowest BCUT2D eigenvalue weighted by atomic mass is 10.2. The molecule has 0 aliphatic carbocycles. The van der Waals surface area contributed by atoms with Gasteiger partial charge in [-0.2, -0.15) is 0 Å². The Balaban J connectivity index is 1.95. The Bertz CT molecular complexity index is 763. The summed E-state index contributed by atoms with van der Waals surface area (Å²) in [5.41, 5.74) is 1.47. The third kappa shape index (κ3) is 2.26. The second-order valence-corrected chi connectivity index (χ2v) is 6.84. The molecular formula is C12H11N3O2S2. The zero-order chi connectivity index (χ0) is 13.5. The van der Waals surface area contributed by atoms with E-state index in [1.54, 1.807) is 35.6 Å². The van der Waals surface area contributed by atoms with Gasteiger partial charge in [0.15, 0.2) is 0 Å². The van der Waals surface area contributed by atoms with Crippen LogP contribution in [0.5, 0.6) is 0 Å². The summed E-state index contributed by atoms with van der Waals surface area (Å²) >= 11 is 1.55. The van der Waals surface area contributed by atoms with E-state index in [9.17, 15) is 8.42 Å². The van der Waals surface area contributed by atoms with Crippen LogP contribution in [-0.2, 0) is 16.6 Å². The predicted octanol–water partition coefficient (Wildman–Crippen LogP) is 1.69. The molecule has 0 saturated carbocycles. The first-order chi connectivity index (χ1) is 9.06. The number of fused-ring (bicyclic) bond motifs is 1. The van der Waals surface area contributed by atoms with Crippen molar-refractivity contribution in [2.45, 2.75) is 18.4 Å². The van der Waals surface area contributed by atoms with Crippen molar-refractivity contribution in [3.63, 3.8) is 0 Å². The number of aryl methyl sites for hydroxylation is 1. The summed E-state index contributed by atoms with van der Waals surface area (Å²) in [7, 11) is -3.45. The van der Waals surface area contributed by atoms with Crippen molar-refractivity contribution < 1.29 is 8.42 Å². The van der Waals surface area contributed by atoms with Crippen LogP contribution in [0.15, 0.2) is 39.5 Å². The lowest BCUT2D eigenvalue weighted by Crippen LogP contribution is -2.22. The van der Waals surface area contributed by atoms with Gasteiger partial charge in [0.1, 0.15) is 5.84 Å². The van der Waals surface area contributed by atoms with Crippen LogP contribution in [-0.4, -0.2) is 19.2 Å². The van der Waals surface area contributed by atoms with Gasteiger partial charge in [0.25, 0.3) is 10.0 Å². The van der Waals surface area contributed by atoms with Crippen molar-refractivity contribution in [3.05, 3.63) is 45.9 Å². The Labute approximate surface area is 115 Å². The first-order valence-electron chi connectivity index (χ1n) is 5.64. The molecule has 2 aromatic rings. The molecule has 1 aromatic carbocycles. The Morgan fingerprint density at radius 1 is 1.37 bits per heavy atom. The van der Waals surface area contributed by atoms with E-state index in [1.165, 1.54) is 0 Å².